The van der Waals surface area contributed by atoms with E-state index in [1.807, 2.05) is 13.8 Å². The van der Waals surface area contributed by atoms with Gasteiger partial charge in [-0.2, -0.15) is 0 Å². The standard InChI is InChI=1S/C20H23NO8/c1-4-6-8-27-19(25)15-10-13-14(11-16(15)20(26)28-9-7-5-2)18(24)21(17(13)23)29-12(3)22/h10-11H,4-9H2,1-3H3. The molecule has 1 heterocycles. The van der Waals surface area contributed by atoms with Gasteiger partial charge in [0.2, 0.25) is 0 Å². The summed E-state index contributed by atoms with van der Waals surface area (Å²) in [5, 5.41) is 0.297. The molecule has 0 fully saturated rings. The van der Waals surface area contributed by atoms with Crippen molar-refractivity contribution in [1.29, 1.82) is 0 Å². The van der Waals surface area contributed by atoms with E-state index in [9.17, 15) is 24.0 Å². The van der Waals surface area contributed by atoms with Crippen LogP contribution in [-0.2, 0) is 19.1 Å². The Morgan fingerprint density at radius 3 is 1.59 bits per heavy atom. The summed E-state index contributed by atoms with van der Waals surface area (Å²) in [6.07, 6.45) is 2.86. The summed E-state index contributed by atoms with van der Waals surface area (Å²) in [5.41, 5.74) is -0.702. The molecule has 0 aliphatic carbocycles. The number of esters is 2. The second-order valence-electron chi connectivity index (χ2n) is 6.41. The highest BCUT2D eigenvalue weighted by Crippen LogP contribution is 2.28. The first-order valence-corrected chi connectivity index (χ1v) is 9.41. The third kappa shape index (κ3) is 4.98. The quantitative estimate of drug-likeness (QED) is 0.350. The summed E-state index contributed by atoms with van der Waals surface area (Å²) in [6, 6.07) is 2.20. The summed E-state index contributed by atoms with van der Waals surface area (Å²) in [5.74, 6) is -4.30. The van der Waals surface area contributed by atoms with E-state index in [4.69, 9.17) is 9.47 Å². The van der Waals surface area contributed by atoms with Crippen LogP contribution in [0.2, 0.25) is 0 Å². The van der Waals surface area contributed by atoms with Gasteiger partial charge in [0.1, 0.15) is 0 Å². The van der Waals surface area contributed by atoms with E-state index in [-0.39, 0.29) is 35.5 Å². The molecule has 9 nitrogen and oxygen atoms in total. The van der Waals surface area contributed by atoms with E-state index in [2.05, 4.69) is 4.84 Å². The Morgan fingerprint density at radius 2 is 1.24 bits per heavy atom. The number of amides is 2. The van der Waals surface area contributed by atoms with Gasteiger partial charge in [0.05, 0.1) is 35.5 Å². The zero-order valence-corrected chi connectivity index (χ0v) is 16.6. The molecule has 1 aliphatic heterocycles. The summed E-state index contributed by atoms with van der Waals surface area (Å²) < 4.78 is 10.3. The smallest absolute Gasteiger partial charge is 0.339 e. The summed E-state index contributed by atoms with van der Waals surface area (Å²) >= 11 is 0. The number of carbonyl (C=O) groups excluding carboxylic acids is 5. The molecule has 156 valence electrons. The number of carbonyl (C=O) groups is 5. The van der Waals surface area contributed by atoms with Crippen LogP contribution >= 0.6 is 0 Å². The fourth-order valence-corrected chi connectivity index (χ4v) is 2.59. The topological polar surface area (TPSA) is 116 Å². The Labute approximate surface area is 167 Å². The Bertz CT molecular complexity index is 784. The Hall–Kier alpha value is -3.23. The zero-order chi connectivity index (χ0) is 21.6. The van der Waals surface area contributed by atoms with Gasteiger partial charge in [-0.15, -0.1) is 0 Å². The lowest BCUT2D eigenvalue weighted by Gasteiger charge is -2.11. The van der Waals surface area contributed by atoms with Gasteiger partial charge >= 0.3 is 17.9 Å². The van der Waals surface area contributed by atoms with Crippen molar-refractivity contribution in [2.75, 3.05) is 13.2 Å². The highest BCUT2D eigenvalue weighted by Gasteiger charge is 2.40. The molecule has 9 heteroatoms. The van der Waals surface area contributed by atoms with Crippen molar-refractivity contribution in [3.05, 3.63) is 34.4 Å². The molecule has 2 rings (SSSR count). The van der Waals surface area contributed by atoms with E-state index in [1.165, 1.54) is 0 Å². The lowest BCUT2D eigenvalue weighted by atomic mass is 9.99. The molecule has 0 bridgehead atoms. The van der Waals surface area contributed by atoms with Gasteiger partial charge in [-0.1, -0.05) is 31.8 Å². The van der Waals surface area contributed by atoms with Crippen LogP contribution in [0.25, 0.3) is 0 Å². The maximum absolute atomic E-state index is 12.5. The van der Waals surface area contributed by atoms with Gasteiger partial charge in [-0.3, -0.25) is 9.59 Å². The Kier molecular flexibility index (Phi) is 7.46. The van der Waals surface area contributed by atoms with Gasteiger partial charge in [0.25, 0.3) is 11.8 Å². The minimum absolute atomic E-state index is 0.142. The number of benzene rings is 1. The third-order valence-corrected chi connectivity index (χ3v) is 4.11. The molecular weight excluding hydrogens is 382 g/mol. The third-order valence-electron chi connectivity index (χ3n) is 4.11. The molecule has 1 aliphatic rings. The predicted molar refractivity (Wildman–Crippen MR) is 99.1 cm³/mol. The maximum Gasteiger partial charge on any atom is 0.339 e. The second-order valence-corrected chi connectivity index (χ2v) is 6.41. The van der Waals surface area contributed by atoms with Gasteiger partial charge < -0.3 is 14.3 Å². The van der Waals surface area contributed by atoms with Crippen LogP contribution in [0, 0.1) is 0 Å². The number of fused-ring (bicyclic) bond motifs is 1. The molecule has 1 aromatic rings. The zero-order valence-electron chi connectivity index (χ0n) is 16.6. The van der Waals surface area contributed by atoms with Crippen molar-refractivity contribution in [3.63, 3.8) is 0 Å². The molecule has 0 spiro atoms. The molecule has 2 amide bonds. The minimum atomic E-state index is -0.909. The van der Waals surface area contributed by atoms with Crippen LogP contribution in [-0.4, -0.2) is 48.0 Å². The number of hydrogen-bond acceptors (Lipinski definition) is 8. The van der Waals surface area contributed by atoms with Crippen molar-refractivity contribution in [1.82, 2.24) is 5.06 Å². The second kappa shape index (κ2) is 9.81. The molecule has 29 heavy (non-hydrogen) atoms. The molecule has 0 aromatic heterocycles. The molecule has 1 aromatic carbocycles. The summed E-state index contributed by atoms with van der Waals surface area (Å²) in [7, 11) is 0. The number of rotatable bonds is 9. The van der Waals surface area contributed by atoms with Crippen molar-refractivity contribution >= 4 is 29.7 Å². The summed E-state index contributed by atoms with van der Waals surface area (Å²) in [6.45, 7) is 5.17. The maximum atomic E-state index is 12.5. The van der Waals surface area contributed by atoms with Gasteiger partial charge in [-0.25, -0.2) is 14.4 Å². The average molecular weight is 405 g/mol. The van der Waals surface area contributed by atoms with Crippen molar-refractivity contribution in [3.8, 4) is 0 Å². The minimum Gasteiger partial charge on any atom is -0.462 e. The lowest BCUT2D eigenvalue weighted by molar-refractivity contribution is -0.165. The highest BCUT2D eigenvalue weighted by atomic mass is 16.7. The number of unbranched alkanes of at least 4 members (excludes halogenated alkanes) is 2. The first-order valence-electron chi connectivity index (χ1n) is 9.41. The van der Waals surface area contributed by atoms with Gasteiger partial charge in [0, 0.05) is 6.92 Å². The number of hydrogen-bond donors (Lipinski definition) is 0. The SMILES string of the molecule is CCCCOC(=O)c1cc2c(cc1C(=O)OCCCC)C(=O)N(OC(C)=O)C2=O. The number of nitrogens with zero attached hydrogens (tertiary/aromatic N) is 1. The molecule has 0 saturated heterocycles. The fraction of sp³-hybridized carbons (Fsp3) is 0.450. The number of hydroxylamine groups is 2. The van der Waals surface area contributed by atoms with Crippen molar-refractivity contribution in [2.24, 2.45) is 0 Å². The van der Waals surface area contributed by atoms with Crippen LogP contribution in [0.5, 0.6) is 0 Å². The Morgan fingerprint density at radius 1 is 0.828 bits per heavy atom. The number of ether oxygens (including phenoxy) is 2. The first kappa shape index (κ1) is 22.1. The molecule has 0 saturated carbocycles. The van der Waals surface area contributed by atoms with Gasteiger partial charge in [0.15, 0.2) is 0 Å². The van der Waals surface area contributed by atoms with Gasteiger partial charge in [-0.05, 0) is 25.0 Å². The molecule has 0 radical (unpaired) electrons. The van der Waals surface area contributed by atoms with E-state index < -0.39 is 29.7 Å². The normalized spacial score (nSPS) is 12.6. The van der Waals surface area contributed by atoms with Crippen LogP contribution < -0.4 is 0 Å². The highest BCUT2D eigenvalue weighted by molar-refractivity contribution is 6.22. The molecule has 0 atom stereocenters. The largest absolute Gasteiger partial charge is 0.462 e. The Balaban J connectivity index is 2.44. The molecular formula is C20H23NO8. The van der Waals surface area contributed by atoms with Crippen LogP contribution in [0.3, 0.4) is 0 Å². The van der Waals surface area contributed by atoms with Crippen molar-refractivity contribution < 1.29 is 38.3 Å². The lowest BCUT2D eigenvalue weighted by Crippen LogP contribution is -2.31. The fourth-order valence-electron chi connectivity index (χ4n) is 2.59. The molecule has 0 unspecified atom stereocenters. The van der Waals surface area contributed by atoms with Crippen molar-refractivity contribution in [2.45, 2.75) is 46.5 Å². The number of imide groups is 1. The van der Waals surface area contributed by atoms with Crippen LogP contribution in [0.1, 0.15) is 87.9 Å². The van der Waals surface area contributed by atoms with Crippen LogP contribution in [0.15, 0.2) is 12.1 Å². The monoisotopic (exact) mass is 405 g/mol. The van der Waals surface area contributed by atoms with E-state index in [0.29, 0.717) is 17.9 Å². The van der Waals surface area contributed by atoms with Crippen LogP contribution in [0.4, 0.5) is 0 Å². The van der Waals surface area contributed by atoms with E-state index in [0.717, 1.165) is 31.9 Å². The average Bonchev–Trinajstić information content (AvgIpc) is 2.91. The first-order chi connectivity index (χ1) is 13.8. The summed E-state index contributed by atoms with van der Waals surface area (Å²) in [4.78, 5) is 65.7. The van der Waals surface area contributed by atoms with E-state index in [1.54, 1.807) is 0 Å². The predicted octanol–water partition coefficient (Wildman–Crippen LogP) is 2.67. The molecule has 0 N–H and O–H groups in total. The van der Waals surface area contributed by atoms with E-state index >= 15 is 0 Å².